The monoisotopic (exact) mass is 613 g/mol. The molecule has 0 aliphatic heterocycles. The summed E-state index contributed by atoms with van der Waals surface area (Å²) in [6.07, 6.45) is 22.3. The molecule has 0 saturated carbocycles. The second-order valence-electron chi connectivity index (χ2n) is 11.9. The summed E-state index contributed by atoms with van der Waals surface area (Å²) < 4.78 is 17.4. The Bertz CT molecular complexity index is 1220. The number of rotatable bonds is 24. The predicted octanol–water partition coefficient (Wildman–Crippen LogP) is 11.7. The van der Waals surface area contributed by atoms with Gasteiger partial charge in [0, 0.05) is 12.3 Å². The Kier molecular flexibility index (Phi) is 18.2. The summed E-state index contributed by atoms with van der Waals surface area (Å²) in [6.45, 7) is 5.94. The van der Waals surface area contributed by atoms with Gasteiger partial charge in [-0.2, -0.15) is 0 Å². The van der Waals surface area contributed by atoms with E-state index in [4.69, 9.17) is 14.2 Å². The molecule has 0 saturated heterocycles. The van der Waals surface area contributed by atoms with Crippen molar-refractivity contribution in [2.45, 2.75) is 117 Å². The number of benzene rings is 3. The zero-order valence-electron chi connectivity index (χ0n) is 27.8. The highest BCUT2D eigenvalue weighted by Gasteiger charge is 2.09. The van der Waals surface area contributed by atoms with Crippen LogP contribution < -0.4 is 14.2 Å². The van der Waals surface area contributed by atoms with Gasteiger partial charge in [0.05, 0.1) is 24.5 Å². The Morgan fingerprint density at radius 1 is 0.578 bits per heavy atom. The number of hydrogen-bond acceptors (Lipinski definition) is 5. The van der Waals surface area contributed by atoms with Crippen LogP contribution in [0.25, 0.3) is 0 Å². The van der Waals surface area contributed by atoms with Gasteiger partial charge < -0.3 is 14.2 Å². The van der Waals surface area contributed by atoms with Gasteiger partial charge in [0.25, 0.3) is 0 Å². The van der Waals surface area contributed by atoms with Gasteiger partial charge in [0.2, 0.25) is 0 Å². The molecule has 0 fully saturated rings. The summed E-state index contributed by atoms with van der Waals surface area (Å²) in [5.41, 5.74) is 2.24. The number of aliphatic imine (C=N–C) groups is 1. The van der Waals surface area contributed by atoms with Crippen LogP contribution in [0, 0.1) is 0 Å². The molecule has 3 aromatic rings. The van der Waals surface area contributed by atoms with Crippen molar-refractivity contribution in [2.75, 3.05) is 13.2 Å². The molecule has 0 spiro atoms. The van der Waals surface area contributed by atoms with E-state index in [1.54, 1.807) is 30.5 Å². The number of esters is 1. The first-order valence-corrected chi connectivity index (χ1v) is 17.5. The quantitative estimate of drug-likeness (QED) is 0.0436. The largest absolute Gasteiger partial charge is 0.494 e. The summed E-state index contributed by atoms with van der Waals surface area (Å²) in [4.78, 5) is 17.3. The average Bonchev–Trinajstić information content (AvgIpc) is 3.07. The lowest BCUT2D eigenvalue weighted by atomic mass is 10.1. The first-order valence-electron chi connectivity index (χ1n) is 17.5. The van der Waals surface area contributed by atoms with Crippen molar-refractivity contribution in [1.82, 2.24) is 0 Å². The normalized spacial score (nSPS) is 11.2. The van der Waals surface area contributed by atoms with E-state index >= 15 is 0 Å². The number of hydrogen-bond donors (Lipinski definition) is 0. The van der Waals surface area contributed by atoms with E-state index in [-0.39, 0.29) is 0 Å². The van der Waals surface area contributed by atoms with Gasteiger partial charge in [-0.05, 0) is 79.1 Å². The van der Waals surface area contributed by atoms with E-state index in [0.29, 0.717) is 17.9 Å². The second-order valence-corrected chi connectivity index (χ2v) is 11.9. The van der Waals surface area contributed by atoms with E-state index in [1.165, 1.54) is 89.9 Å². The van der Waals surface area contributed by atoms with Crippen molar-refractivity contribution in [3.8, 4) is 17.2 Å². The molecule has 0 aliphatic carbocycles. The van der Waals surface area contributed by atoms with Crippen LogP contribution >= 0.6 is 0 Å². The molecular formula is C40H55NO4. The van der Waals surface area contributed by atoms with E-state index in [9.17, 15) is 4.79 Å². The molecule has 3 rings (SSSR count). The fourth-order valence-corrected chi connectivity index (χ4v) is 5.13. The van der Waals surface area contributed by atoms with Crippen LogP contribution in [-0.2, 0) is 0 Å². The second kappa shape index (κ2) is 22.8. The minimum Gasteiger partial charge on any atom is -0.494 e. The fraction of sp³-hybridized carbons (Fsp3) is 0.500. The molecule has 0 radical (unpaired) electrons. The molecule has 0 bridgehead atoms. The molecule has 0 heterocycles. The molecular weight excluding hydrogens is 558 g/mol. The lowest BCUT2D eigenvalue weighted by Gasteiger charge is -2.08. The standard InChI is InChI=1S/C40H55NO4/c1-3-5-7-9-11-13-15-17-30-43-37-28-24-35(25-29-37)40(42)45-38-26-22-34(23-27-38)33-41-36-20-19-21-39(32-36)44-31-18-16-14-12-10-8-6-4-2/h19-29,32-33H,3-18,30-31H2,1-2H3. The SMILES string of the molecule is CCCCCCCCCCOc1ccc(C(=O)Oc2ccc(C=Nc3cccc(OCCCCCCCCCC)c3)cc2)cc1. The maximum Gasteiger partial charge on any atom is 0.343 e. The lowest BCUT2D eigenvalue weighted by molar-refractivity contribution is 0.0734. The zero-order chi connectivity index (χ0) is 31.8. The van der Waals surface area contributed by atoms with Crippen molar-refractivity contribution in [3.63, 3.8) is 0 Å². The topological polar surface area (TPSA) is 57.1 Å². The summed E-state index contributed by atoms with van der Waals surface area (Å²) >= 11 is 0. The lowest BCUT2D eigenvalue weighted by Crippen LogP contribution is -2.08. The van der Waals surface area contributed by atoms with Gasteiger partial charge >= 0.3 is 5.97 Å². The maximum absolute atomic E-state index is 12.7. The number of ether oxygens (including phenoxy) is 3. The van der Waals surface area contributed by atoms with Gasteiger partial charge in [-0.3, -0.25) is 4.99 Å². The first-order chi connectivity index (χ1) is 22.2. The Morgan fingerprint density at radius 2 is 1.09 bits per heavy atom. The molecule has 0 amide bonds. The molecule has 0 atom stereocenters. The van der Waals surface area contributed by atoms with Crippen LogP contribution in [0.4, 0.5) is 5.69 Å². The van der Waals surface area contributed by atoms with Crippen LogP contribution in [0.3, 0.4) is 0 Å². The van der Waals surface area contributed by atoms with Crippen molar-refractivity contribution in [1.29, 1.82) is 0 Å². The maximum atomic E-state index is 12.7. The van der Waals surface area contributed by atoms with Crippen LogP contribution in [0.5, 0.6) is 17.2 Å². The molecule has 244 valence electrons. The molecule has 0 unspecified atom stereocenters. The van der Waals surface area contributed by atoms with Crippen molar-refractivity contribution in [2.24, 2.45) is 4.99 Å². The van der Waals surface area contributed by atoms with E-state index < -0.39 is 5.97 Å². The summed E-state index contributed by atoms with van der Waals surface area (Å²) in [7, 11) is 0. The Hall–Kier alpha value is -3.60. The van der Waals surface area contributed by atoms with Crippen molar-refractivity contribution >= 4 is 17.9 Å². The zero-order valence-corrected chi connectivity index (χ0v) is 27.8. The van der Waals surface area contributed by atoms with E-state index in [2.05, 4.69) is 18.8 Å². The van der Waals surface area contributed by atoms with Crippen molar-refractivity contribution < 1.29 is 19.0 Å². The van der Waals surface area contributed by atoms with Gasteiger partial charge in [0.15, 0.2) is 0 Å². The summed E-state index contributed by atoms with van der Waals surface area (Å²) in [6, 6.07) is 22.4. The molecule has 5 nitrogen and oxygen atoms in total. The Balaban J connectivity index is 1.34. The summed E-state index contributed by atoms with van der Waals surface area (Å²) in [5, 5.41) is 0. The minimum absolute atomic E-state index is 0.394. The predicted molar refractivity (Wildman–Crippen MR) is 188 cm³/mol. The van der Waals surface area contributed by atoms with Gasteiger partial charge in [0.1, 0.15) is 17.2 Å². The third-order valence-corrected chi connectivity index (χ3v) is 7.89. The number of carbonyl (C=O) groups is 1. The van der Waals surface area contributed by atoms with Gasteiger partial charge in [-0.25, -0.2) is 4.79 Å². The van der Waals surface area contributed by atoms with E-state index in [0.717, 1.165) is 42.2 Å². The molecule has 3 aromatic carbocycles. The fourth-order valence-electron chi connectivity index (χ4n) is 5.13. The van der Waals surface area contributed by atoms with Gasteiger partial charge in [-0.1, -0.05) is 110 Å². The third-order valence-electron chi connectivity index (χ3n) is 7.89. The minimum atomic E-state index is -0.394. The highest BCUT2D eigenvalue weighted by atomic mass is 16.5. The van der Waals surface area contributed by atoms with Crippen molar-refractivity contribution in [3.05, 3.63) is 83.9 Å². The van der Waals surface area contributed by atoms with E-state index in [1.807, 2.05) is 48.5 Å². The highest BCUT2D eigenvalue weighted by molar-refractivity contribution is 5.91. The number of unbranched alkanes of at least 4 members (excludes halogenated alkanes) is 14. The molecule has 45 heavy (non-hydrogen) atoms. The summed E-state index contributed by atoms with van der Waals surface area (Å²) in [5.74, 6) is 1.72. The smallest absolute Gasteiger partial charge is 0.343 e. The Labute approximate surface area is 272 Å². The number of nitrogens with zero attached hydrogens (tertiary/aromatic N) is 1. The molecule has 0 aromatic heterocycles. The van der Waals surface area contributed by atoms with Crippen LogP contribution in [0.15, 0.2) is 77.8 Å². The first kappa shape index (κ1) is 35.9. The van der Waals surface area contributed by atoms with Gasteiger partial charge in [-0.15, -0.1) is 0 Å². The molecule has 5 heteroatoms. The third kappa shape index (κ3) is 15.8. The molecule has 0 N–H and O–H groups in total. The number of carbonyl (C=O) groups excluding carboxylic acids is 1. The highest BCUT2D eigenvalue weighted by Crippen LogP contribution is 2.21. The van der Waals surface area contributed by atoms with Crippen LogP contribution in [-0.4, -0.2) is 25.4 Å². The molecule has 0 aliphatic rings. The van der Waals surface area contributed by atoms with Crippen LogP contribution in [0.1, 0.15) is 133 Å². The Morgan fingerprint density at radius 3 is 1.67 bits per heavy atom. The van der Waals surface area contributed by atoms with Crippen LogP contribution in [0.2, 0.25) is 0 Å². The average molecular weight is 614 g/mol.